The lowest BCUT2D eigenvalue weighted by Crippen LogP contribution is -2.38. The van der Waals surface area contributed by atoms with Gasteiger partial charge in [0.1, 0.15) is 5.76 Å². The van der Waals surface area contributed by atoms with Gasteiger partial charge in [0, 0.05) is 32.2 Å². The Morgan fingerprint density at radius 2 is 2.30 bits per heavy atom. The highest BCUT2D eigenvalue weighted by Crippen LogP contribution is 2.10. The van der Waals surface area contributed by atoms with Crippen molar-refractivity contribution in [3.63, 3.8) is 0 Å². The Hall–Kier alpha value is -1.60. The summed E-state index contributed by atoms with van der Waals surface area (Å²) < 4.78 is 10.2. The molecule has 1 aliphatic rings. The van der Waals surface area contributed by atoms with E-state index in [2.05, 4.69) is 10.1 Å². The van der Waals surface area contributed by atoms with Crippen LogP contribution in [0.25, 0.3) is 0 Å². The highest BCUT2D eigenvalue weighted by atomic mass is 16.5. The highest BCUT2D eigenvalue weighted by molar-refractivity contribution is 5.77. The number of hydrogen-bond acceptors (Lipinski definition) is 6. The van der Waals surface area contributed by atoms with E-state index in [1.807, 2.05) is 0 Å². The lowest BCUT2D eigenvalue weighted by molar-refractivity contribution is -0.133. The number of aryl methyl sites for hydroxylation is 1. The van der Waals surface area contributed by atoms with Crippen LogP contribution in [0.15, 0.2) is 10.6 Å². The van der Waals surface area contributed by atoms with Gasteiger partial charge in [-0.05, 0) is 25.0 Å². The molecule has 1 aliphatic heterocycles. The molecular formula is C13H21N3O4. The summed E-state index contributed by atoms with van der Waals surface area (Å²) in [6.07, 6.45) is 0.912. The van der Waals surface area contributed by atoms with Crippen LogP contribution >= 0.6 is 0 Å². The molecule has 1 fully saturated rings. The second kappa shape index (κ2) is 7.25. The molecule has 0 aliphatic carbocycles. The van der Waals surface area contributed by atoms with Crippen molar-refractivity contribution in [2.45, 2.75) is 13.3 Å². The number of nitrogens with zero attached hydrogens (tertiary/aromatic N) is 3. The van der Waals surface area contributed by atoms with Gasteiger partial charge in [0.2, 0.25) is 0 Å². The van der Waals surface area contributed by atoms with Crippen molar-refractivity contribution in [3.8, 4) is 5.88 Å². The van der Waals surface area contributed by atoms with Crippen LogP contribution in [0.5, 0.6) is 5.88 Å². The molecule has 0 aromatic carbocycles. The number of aliphatic hydroxyl groups is 1. The molecule has 0 atom stereocenters. The molecule has 7 nitrogen and oxygen atoms in total. The summed E-state index contributed by atoms with van der Waals surface area (Å²) in [7, 11) is 0. The minimum Gasteiger partial charge on any atom is -0.465 e. The average Bonchev–Trinajstić information content (AvgIpc) is 2.71. The summed E-state index contributed by atoms with van der Waals surface area (Å²) in [5, 5.41) is 12.6. The Labute approximate surface area is 118 Å². The van der Waals surface area contributed by atoms with Crippen LogP contribution in [0.3, 0.4) is 0 Å². The molecule has 2 rings (SSSR count). The SMILES string of the molecule is Cc1cc(OCC(=O)N2CCCN(CCO)CC2)no1. The third-order valence-corrected chi connectivity index (χ3v) is 3.31. The zero-order valence-corrected chi connectivity index (χ0v) is 11.7. The maximum atomic E-state index is 12.1. The van der Waals surface area contributed by atoms with E-state index in [9.17, 15) is 4.79 Å². The molecule has 0 radical (unpaired) electrons. The molecule has 2 heterocycles. The molecule has 0 saturated carbocycles. The van der Waals surface area contributed by atoms with E-state index < -0.39 is 0 Å². The van der Waals surface area contributed by atoms with Gasteiger partial charge in [0.25, 0.3) is 11.8 Å². The smallest absolute Gasteiger partial charge is 0.260 e. The van der Waals surface area contributed by atoms with E-state index in [4.69, 9.17) is 14.4 Å². The number of hydrogen-bond donors (Lipinski definition) is 1. The first kappa shape index (κ1) is 14.8. The summed E-state index contributed by atoms with van der Waals surface area (Å²) >= 11 is 0. The number of rotatable bonds is 5. The molecule has 7 heteroatoms. The molecule has 1 N–H and O–H groups in total. The van der Waals surface area contributed by atoms with E-state index in [0.717, 1.165) is 26.1 Å². The fraction of sp³-hybridized carbons (Fsp3) is 0.692. The number of carbonyl (C=O) groups is 1. The lowest BCUT2D eigenvalue weighted by atomic mass is 10.4. The molecule has 1 aromatic rings. The number of ether oxygens (including phenoxy) is 1. The van der Waals surface area contributed by atoms with E-state index >= 15 is 0 Å². The van der Waals surface area contributed by atoms with Crippen LogP contribution in [-0.2, 0) is 4.79 Å². The number of amides is 1. The molecule has 1 amide bonds. The predicted molar refractivity (Wildman–Crippen MR) is 71.5 cm³/mol. The Bertz CT molecular complexity index is 435. The fourth-order valence-corrected chi connectivity index (χ4v) is 2.22. The van der Waals surface area contributed by atoms with Gasteiger partial charge in [-0.25, -0.2) is 0 Å². The van der Waals surface area contributed by atoms with E-state index in [1.54, 1.807) is 17.9 Å². The maximum Gasteiger partial charge on any atom is 0.260 e. The molecule has 20 heavy (non-hydrogen) atoms. The normalized spacial score (nSPS) is 17.0. The maximum absolute atomic E-state index is 12.1. The monoisotopic (exact) mass is 283 g/mol. The van der Waals surface area contributed by atoms with Gasteiger partial charge in [-0.3, -0.25) is 9.69 Å². The predicted octanol–water partition coefficient (Wildman–Crippen LogP) is -0.112. The summed E-state index contributed by atoms with van der Waals surface area (Å²) in [6.45, 7) is 5.66. The zero-order valence-electron chi connectivity index (χ0n) is 11.7. The number of carbonyl (C=O) groups excluding carboxylic acids is 1. The van der Waals surface area contributed by atoms with Crippen LogP contribution in [-0.4, -0.2) is 71.9 Å². The van der Waals surface area contributed by atoms with Crippen molar-refractivity contribution >= 4 is 5.91 Å². The zero-order chi connectivity index (χ0) is 14.4. The lowest BCUT2D eigenvalue weighted by Gasteiger charge is -2.21. The van der Waals surface area contributed by atoms with Crippen LogP contribution in [0.2, 0.25) is 0 Å². The first-order valence-corrected chi connectivity index (χ1v) is 6.86. The van der Waals surface area contributed by atoms with Gasteiger partial charge in [0.05, 0.1) is 6.61 Å². The summed E-state index contributed by atoms with van der Waals surface area (Å²) in [5.41, 5.74) is 0. The molecule has 112 valence electrons. The second-order valence-corrected chi connectivity index (χ2v) is 4.86. The number of aromatic nitrogens is 1. The Kier molecular flexibility index (Phi) is 5.37. The second-order valence-electron chi connectivity index (χ2n) is 4.86. The van der Waals surface area contributed by atoms with Crippen molar-refractivity contribution in [3.05, 3.63) is 11.8 Å². The first-order valence-electron chi connectivity index (χ1n) is 6.86. The third kappa shape index (κ3) is 4.21. The van der Waals surface area contributed by atoms with Crippen LogP contribution in [0.1, 0.15) is 12.2 Å². The largest absolute Gasteiger partial charge is 0.465 e. The van der Waals surface area contributed by atoms with Crippen molar-refractivity contribution in [1.82, 2.24) is 15.0 Å². The topological polar surface area (TPSA) is 79.0 Å². The van der Waals surface area contributed by atoms with Crippen molar-refractivity contribution in [2.75, 3.05) is 45.9 Å². The molecule has 0 bridgehead atoms. The Morgan fingerprint density at radius 3 is 3.00 bits per heavy atom. The summed E-state index contributed by atoms with van der Waals surface area (Å²) in [4.78, 5) is 16.0. The number of β-amino-alcohol motifs (C(OH)–C–C–N with tert-alkyl or cyclic N) is 1. The van der Waals surface area contributed by atoms with Gasteiger partial charge in [-0.2, -0.15) is 0 Å². The van der Waals surface area contributed by atoms with Gasteiger partial charge in [-0.1, -0.05) is 0 Å². The van der Waals surface area contributed by atoms with Gasteiger partial charge >= 0.3 is 0 Å². The van der Waals surface area contributed by atoms with E-state index in [-0.39, 0.29) is 19.1 Å². The first-order chi connectivity index (χ1) is 9.69. The van der Waals surface area contributed by atoms with Gasteiger partial charge in [0.15, 0.2) is 6.61 Å². The minimum absolute atomic E-state index is 0.0219. The Balaban J connectivity index is 1.77. The molecule has 0 unspecified atom stereocenters. The quantitative estimate of drug-likeness (QED) is 0.812. The van der Waals surface area contributed by atoms with Crippen molar-refractivity contribution < 1.29 is 19.2 Å². The molecule has 0 spiro atoms. The van der Waals surface area contributed by atoms with E-state index in [0.29, 0.717) is 24.7 Å². The van der Waals surface area contributed by atoms with Gasteiger partial charge in [-0.15, -0.1) is 0 Å². The van der Waals surface area contributed by atoms with Crippen LogP contribution < -0.4 is 4.74 Å². The van der Waals surface area contributed by atoms with Gasteiger partial charge < -0.3 is 19.3 Å². The van der Waals surface area contributed by atoms with Crippen LogP contribution in [0.4, 0.5) is 0 Å². The fourth-order valence-electron chi connectivity index (χ4n) is 2.22. The average molecular weight is 283 g/mol. The van der Waals surface area contributed by atoms with E-state index in [1.165, 1.54) is 0 Å². The summed E-state index contributed by atoms with van der Waals surface area (Å²) in [5.74, 6) is 0.950. The molecule has 1 aromatic heterocycles. The third-order valence-electron chi connectivity index (χ3n) is 3.31. The van der Waals surface area contributed by atoms with Crippen LogP contribution in [0, 0.1) is 6.92 Å². The Morgan fingerprint density at radius 1 is 1.45 bits per heavy atom. The number of aliphatic hydroxyl groups excluding tert-OH is 1. The standard InChI is InChI=1S/C13H21N3O4/c1-11-9-12(14-20-11)19-10-13(18)16-4-2-3-15(5-6-16)7-8-17/h9,17H,2-8,10H2,1H3. The van der Waals surface area contributed by atoms with Crippen molar-refractivity contribution in [2.24, 2.45) is 0 Å². The minimum atomic E-state index is -0.0449. The summed E-state index contributed by atoms with van der Waals surface area (Å²) in [6, 6.07) is 1.65. The van der Waals surface area contributed by atoms with Crippen molar-refractivity contribution in [1.29, 1.82) is 0 Å². The highest BCUT2D eigenvalue weighted by Gasteiger charge is 2.19. The molecule has 1 saturated heterocycles. The molecular weight excluding hydrogens is 262 g/mol.